The number of hydrogen-bond acceptors (Lipinski definition) is 6. The molecular weight excluding hydrogens is 359 g/mol. The Bertz CT molecular complexity index is 925. The predicted molar refractivity (Wildman–Crippen MR) is 93.7 cm³/mol. The molecule has 0 amide bonds. The molecule has 1 saturated heterocycles. The van der Waals surface area contributed by atoms with Gasteiger partial charge in [-0.15, -0.1) is 0 Å². The fraction of sp³-hybridized carbons (Fsp3) is 0.412. The molecule has 0 spiro atoms. The second-order valence-corrected chi connectivity index (χ2v) is 6.51. The van der Waals surface area contributed by atoms with Gasteiger partial charge in [0.1, 0.15) is 0 Å². The largest absolute Gasteiger partial charge is 0.434 e. The predicted octanol–water partition coefficient (Wildman–Crippen LogP) is 2.64. The van der Waals surface area contributed by atoms with Crippen LogP contribution in [0.4, 0.5) is 24.9 Å². The van der Waals surface area contributed by atoms with E-state index in [9.17, 15) is 13.2 Å². The van der Waals surface area contributed by atoms with Crippen LogP contribution in [0.1, 0.15) is 18.5 Å². The van der Waals surface area contributed by atoms with Gasteiger partial charge in [-0.2, -0.15) is 13.2 Å². The van der Waals surface area contributed by atoms with Crippen LogP contribution in [-0.4, -0.2) is 50.5 Å². The highest BCUT2D eigenvalue weighted by molar-refractivity contribution is 5.65. The van der Waals surface area contributed by atoms with Gasteiger partial charge in [-0.1, -0.05) is 0 Å². The van der Waals surface area contributed by atoms with Crippen molar-refractivity contribution in [1.82, 2.24) is 24.3 Å². The Morgan fingerprint density at radius 1 is 1.15 bits per heavy atom. The Labute approximate surface area is 153 Å². The van der Waals surface area contributed by atoms with Crippen molar-refractivity contribution < 1.29 is 13.2 Å². The summed E-state index contributed by atoms with van der Waals surface area (Å²) in [6.07, 6.45) is 4.68. The minimum absolute atomic E-state index is 0.125. The Balaban J connectivity index is 1.62. The number of fused-ring (bicyclic) bond motifs is 1. The standard InChI is InChI=1S/C17H18F3N7/c1-25(16-22-5-3-6-23-16)12-4-2-8-26(10-12)14-15-24-13(17(18,19)20)11-27(15)9-7-21-14/h3,5-7,9,11-12H,2,4,8,10H2,1H3. The van der Waals surface area contributed by atoms with Crippen LogP contribution in [0.25, 0.3) is 5.65 Å². The summed E-state index contributed by atoms with van der Waals surface area (Å²) in [5, 5.41) is 0. The number of piperidine rings is 1. The van der Waals surface area contributed by atoms with Crippen molar-refractivity contribution in [1.29, 1.82) is 0 Å². The topological polar surface area (TPSA) is 62.5 Å². The number of imidazole rings is 1. The van der Waals surface area contributed by atoms with Gasteiger partial charge in [0.25, 0.3) is 0 Å². The quantitative estimate of drug-likeness (QED) is 0.699. The van der Waals surface area contributed by atoms with Crippen molar-refractivity contribution in [3.05, 3.63) is 42.7 Å². The first-order valence-electron chi connectivity index (χ1n) is 8.59. The number of rotatable bonds is 3. The van der Waals surface area contributed by atoms with Gasteiger partial charge in [0, 0.05) is 57.2 Å². The van der Waals surface area contributed by atoms with E-state index < -0.39 is 11.9 Å². The zero-order chi connectivity index (χ0) is 19.0. The van der Waals surface area contributed by atoms with Crippen molar-refractivity contribution in [3.63, 3.8) is 0 Å². The summed E-state index contributed by atoms with van der Waals surface area (Å²) >= 11 is 0. The highest BCUT2D eigenvalue weighted by atomic mass is 19.4. The first kappa shape index (κ1) is 17.5. The molecule has 7 nitrogen and oxygen atoms in total. The van der Waals surface area contributed by atoms with Crippen molar-refractivity contribution >= 4 is 17.4 Å². The number of anilines is 2. The molecule has 1 atom stereocenters. The summed E-state index contributed by atoms with van der Waals surface area (Å²) in [6.45, 7) is 1.32. The van der Waals surface area contributed by atoms with Crippen LogP contribution in [0.3, 0.4) is 0 Å². The van der Waals surface area contributed by atoms with Gasteiger partial charge >= 0.3 is 6.18 Å². The van der Waals surface area contributed by atoms with E-state index in [1.54, 1.807) is 18.5 Å². The van der Waals surface area contributed by atoms with Gasteiger partial charge in [-0.3, -0.25) is 0 Å². The van der Waals surface area contributed by atoms with Crippen LogP contribution in [0.2, 0.25) is 0 Å². The van der Waals surface area contributed by atoms with E-state index >= 15 is 0 Å². The summed E-state index contributed by atoms with van der Waals surface area (Å²) in [7, 11) is 1.93. The van der Waals surface area contributed by atoms with E-state index in [0.717, 1.165) is 19.0 Å². The third-order valence-corrected chi connectivity index (χ3v) is 4.76. The molecular formula is C17H18F3N7. The minimum atomic E-state index is -4.49. The van der Waals surface area contributed by atoms with Crippen LogP contribution in [0, 0.1) is 0 Å². The average Bonchev–Trinajstić information content (AvgIpc) is 3.13. The van der Waals surface area contributed by atoms with E-state index in [2.05, 4.69) is 19.9 Å². The molecule has 142 valence electrons. The van der Waals surface area contributed by atoms with E-state index in [-0.39, 0.29) is 11.7 Å². The molecule has 0 aromatic carbocycles. The number of hydrogen-bond donors (Lipinski definition) is 0. The van der Waals surface area contributed by atoms with Gasteiger partial charge in [0.2, 0.25) is 5.95 Å². The summed E-state index contributed by atoms with van der Waals surface area (Å²) in [5.41, 5.74) is -0.704. The molecule has 1 aliphatic heterocycles. The van der Waals surface area contributed by atoms with Crippen molar-refractivity contribution in [3.8, 4) is 0 Å². The van der Waals surface area contributed by atoms with Gasteiger partial charge in [-0.25, -0.2) is 19.9 Å². The number of likely N-dealkylation sites (N-methyl/N-ethyl adjacent to an activating group) is 1. The van der Waals surface area contributed by atoms with Crippen LogP contribution in [0.15, 0.2) is 37.1 Å². The molecule has 0 bridgehead atoms. The second-order valence-electron chi connectivity index (χ2n) is 6.51. The van der Waals surface area contributed by atoms with E-state index in [4.69, 9.17) is 0 Å². The van der Waals surface area contributed by atoms with Gasteiger partial charge in [0.05, 0.1) is 0 Å². The maximum atomic E-state index is 13.0. The fourth-order valence-electron chi connectivity index (χ4n) is 3.37. The number of aromatic nitrogens is 5. The molecule has 27 heavy (non-hydrogen) atoms. The summed E-state index contributed by atoms with van der Waals surface area (Å²) in [4.78, 5) is 20.6. The summed E-state index contributed by atoms with van der Waals surface area (Å²) in [5.74, 6) is 1.08. The Morgan fingerprint density at radius 2 is 1.93 bits per heavy atom. The first-order chi connectivity index (χ1) is 12.9. The molecule has 1 fully saturated rings. The molecule has 1 aliphatic rings. The molecule has 0 aliphatic carbocycles. The number of halogens is 3. The Hall–Kier alpha value is -2.91. The molecule has 1 unspecified atom stereocenters. The van der Waals surface area contributed by atoms with Crippen molar-refractivity contribution in [2.45, 2.75) is 25.1 Å². The Kier molecular flexibility index (Phi) is 4.33. The highest BCUT2D eigenvalue weighted by Crippen LogP contribution is 2.31. The van der Waals surface area contributed by atoms with E-state index in [1.165, 1.54) is 16.8 Å². The van der Waals surface area contributed by atoms with Crippen LogP contribution >= 0.6 is 0 Å². The van der Waals surface area contributed by atoms with Gasteiger partial charge in [0.15, 0.2) is 17.2 Å². The van der Waals surface area contributed by atoms with Crippen LogP contribution in [0.5, 0.6) is 0 Å². The lowest BCUT2D eigenvalue weighted by atomic mass is 10.0. The maximum absolute atomic E-state index is 13.0. The maximum Gasteiger partial charge on any atom is 0.434 e. The third kappa shape index (κ3) is 3.38. The summed E-state index contributed by atoms with van der Waals surface area (Å²) in [6, 6.07) is 1.88. The molecule has 3 aromatic rings. The minimum Gasteiger partial charge on any atom is -0.351 e. The molecule has 10 heteroatoms. The number of alkyl halides is 3. The first-order valence-corrected chi connectivity index (χ1v) is 8.59. The van der Waals surface area contributed by atoms with Crippen LogP contribution in [-0.2, 0) is 6.18 Å². The highest BCUT2D eigenvalue weighted by Gasteiger charge is 2.35. The van der Waals surface area contributed by atoms with Gasteiger partial charge in [-0.05, 0) is 18.9 Å². The molecule has 0 N–H and O–H groups in total. The molecule has 0 saturated carbocycles. The molecule has 4 heterocycles. The normalized spacial score (nSPS) is 18.1. The van der Waals surface area contributed by atoms with Crippen molar-refractivity contribution in [2.24, 2.45) is 0 Å². The lowest BCUT2D eigenvalue weighted by Gasteiger charge is -2.38. The third-order valence-electron chi connectivity index (χ3n) is 4.76. The molecule has 4 rings (SSSR count). The van der Waals surface area contributed by atoms with Crippen LogP contribution < -0.4 is 9.80 Å². The van der Waals surface area contributed by atoms with E-state index in [0.29, 0.717) is 24.9 Å². The average molecular weight is 377 g/mol. The smallest absolute Gasteiger partial charge is 0.351 e. The zero-order valence-electron chi connectivity index (χ0n) is 14.6. The zero-order valence-corrected chi connectivity index (χ0v) is 14.6. The lowest BCUT2D eigenvalue weighted by molar-refractivity contribution is -0.140. The van der Waals surface area contributed by atoms with Crippen molar-refractivity contribution in [2.75, 3.05) is 29.9 Å². The summed E-state index contributed by atoms with van der Waals surface area (Å²) < 4.78 is 40.4. The lowest BCUT2D eigenvalue weighted by Crippen LogP contribution is -2.47. The number of nitrogens with zero attached hydrogens (tertiary/aromatic N) is 7. The molecule has 0 radical (unpaired) electrons. The Morgan fingerprint density at radius 3 is 2.67 bits per heavy atom. The second kappa shape index (κ2) is 6.67. The van der Waals surface area contributed by atoms with Gasteiger partial charge < -0.3 is 14.2 Å². The monoisotopic (exact) mass is 377 g/mol. The fourth-order valence-corrected chi connectivity index (χ4v) is 3.37. The SMILES string of the molecule is CN(c1ncccn1)C1CCCN(c2nccn3cc(C(F)(F)F)nc23)C1. The molecule has 3 aromatic heterocycles. The van der Waals surface area contributed by atoms with E-state index in [1.807, 2.05) is 16.8 Å².